The van der Waals surface area contributed by atoms with Gasteiger partial charge in [0.05, 0.1) is 13.0 Å². The van der Waals surface area contributed by atoms with Crippen molar-refractivity contribution in [1.82, 2.24) is 10.2 Å². The third-order valence-corrected chi connectivity index (χ3v) is 4.30. The molecule has 0 aliphatic carbocycles. The van der Waals surface area contributed by atoms with E-state index in [0.717, 1.165) is 24.6 Å². The molecule has 5 nitrogen and oxygen atoms in total. The monoisotopic (exact) mass is 463 g/mol. The summed E-state index contributed by atoms with van der Waals surface area (Å²) in [6, 6.07) is 6.59. The van der Waals surface area contributed by atoms with Crippen molar-refractivity contribution >= 4 is 35.9 Å². The number of guanidine groups is 1. The number of ether oxygens (including phenoxy) is 1. The number of likely N-dealkylation sites (tertiary alicyclic amines) is 1. The summed E-state index contributed by atoms with van der Waals surface area (Å²) in [7, 11) is 1.43. The summed E-state index contributed by atoms with van der Waals surface area (Å²) in [4.78, 5) is 18.6. The molecule has 1 heterocycles. The molecule has 0 radical (unpaired) electrons. The molecule has 2 rings (SSSR count). The van der Waals surface area contributed by atoms with Gasteiger partial charge >= 0.3 is 5.97 Å². The van der Waals surface area contributed by atoms with Crippen LogP contribution in [0.2, 0.25) is 0 Å². The summed E-state index contributed by atoms with van der Waals surface area (Å²) in [6.45, 7) is 6.77. The molecule has 0 spiro atoms. The van der Waals surface area contributed by atoms with Crippen LogP contribution in [0, 0.1) is 17.7 Å². The van der Waals surface area contributed by atoms with Crippen molar-refractivity contribution in [2.45, 2.75) is 20.3 Å². The first-order valence-electron chi connectivity index (χ1n) is 8.40. The second-order valence-corrected chi connectivity index (χ2v) is 6.13. The maximum absolute atomic E-state index is 13.2. The molecular weight excluding hydrogens is 436 g/mol. The highest BCUT2D eigenvalue weighted by atomic mass is 127. The van der Waals surface area contributed by atoms with E-state index in [0.29, 0.717) is 19.5 Å². The van der Waals surface area contributed by atoms with E-state index in [1.165, 1.54) is 19.2 Å². The zero-order chi connectivity index (χ0) is 17.5. The minimum atomic E-state index is -0.224. The number of hydrogen-bond donors (Lipinski definition) is 1. The van der Waals surface area contributed by atoms with Gasteiger partial charge in [0.1, 0.15) is 5.82 Å². The molecular formula is C18H27FIN3O2. The normalized spacial score (nSPS) is 20.2. The van der Waals surface area contributed by atoms with Crippen molar-refractivity contribution in [2.24, 2.45) is 16.8 Å². The van der Waals surface area contributed by atoms with Crippen LogP contribution >= 0.6 is 24.0 Å². The number of halogens is 2. The molecule has 25 heavy (non-hydrogen) atoms. The van der Waals surface area contributed by atoms with Crippen LogP contribution < -0.4 is 5.32 Å². The molecule has 0 bridgehead atoms. The lowest BCUT2D eigenvalue weighted by Crippen LogP contribution is -2.40. The molecule has 1 saturated heterocycles. The van der Waals surface area contributed by atoms with Crippen LogP contribution in [0.3, 0.4) is 0 Å². The number of carbonyl (C=O) groups is 1. The Morgan fingerprint density at radius 3 is 2.84 bits per heavy atom. The van der Waals surface area contributed by atoms with Gasteiger partial charge in [-0.15, -0.1) is 24.0 Å². The van der Waals surface area contributed by atoms with Crippen LogP contribution in [0.5, 0.6) is 0 Å². The van der Waals surface area contributed by atoms with Gasteiger partial charge in [-0.3, -0.25) is 9.79 Å². The van der Waals surface area contributed by atoms with Gasteiger partial charge in [-0.1, -0.05) is 19.1 Å². The summed E-state index contributed by atoms with van der Waals surface area (Å²) in [5.41, 5.74) is 0.928. The number of carbonyl (C=O) groups excluding carboxylic acids is 1. The van der Waals surface area contributed by atoms with Crippen molar-refractivity contribution < 1.29 is 13.9 Å². The number of hydrogen-bond acceptors (Lipinski definition) is 3. The van der Waals surface area contributed by atoms with Gasteiger partial charge in [-0.2, -0.15) is 0 Å². The van der Waals surface area contributed by atoms with E-state index in [1.807, 2.05) is 13.0 Å². The van der Waals surface area contributed by atoms with Gasteiger partial charge in [-0.05, 0) is 37.0 Å². The lowest BCUT2D eigenvalue weighted by Gasteiger charge is -2.21. The van der Waals surface area contributed by atoms with E-state index in [-0.39, 0.29) is 47.6 Å². The Morgan fingerprint density at radius 1 is 1.44 bits per heavy atom. The van der Waals surface area contributed by atoms with Crippen LogP contribution in [0.15, 0.2) is 29.3 Å². The minimum Gasteiger partial charge on any atom is -0.469 e. The SMILES string of the molecule is CCNC(=NCCc1cccc(F)c1)N1CC(C)C(C(=O)OC)C1.I. The predicted molar refractivity (Wildman–Crippen MR) is 108 cm³/mol. The first-order chi connectivity index (χ1) is 11.5. The van der Waals surface area contributed by atoms with Crippen molar-refractivity contribution in [3.8, 4) is 0 Å². The molecule has 1 N–H and O–H groups in total. The van der Waals surface area contributed by atoms with Crippen molar-refractivity contribution in [1.29, 1.82) is 0 Å². The smallest absolute Gasteiger partial charge is 0.310 e. The van der Waals surface area contributed by atoms with Gasteiger partial charge in [0, 0.05) is 26.2 Å². The number of methoxy groups -OCH3 is 1. The zero-order valence-electron chi connectivity index (χ0n) is 15.0. The van der Waals surface area contributed by atoms with E-state index in [4.69, 9.17) is 4.74 Å². The number of nitrogens with one attached hydrogen (secondary N) is 1. The number of esters is 1. The second kappa shape index (κ2) is 10.6. The Labute approximate surface area is 166 Å². The van der Waals surface area contributed by atoms with Crippen molar-refractivity contribution in [3.05, 3.63) is 35.6 Å². The predicted octanol–water partition coefficient (Wildman–Crippen LogP) is 2.69. The molecule has 2 unspecified atom stereocenters. The van der Waals surface area contributed by atoms with Crippen LogP contribution in [-0.4, -0.2) is 50.1 Å². The standard InChI is InChI=1S/C18H26FN3O2.HI/c1-4-20-18(21-9-8-14-6-5-7-15(19)10-14)22-11-13(2)16(12-22)17(23)24-3;/h5-7,10,13,16H,4,8-9,11-12H2,1-3H3,(H,20,21);1H. The molecule has 0 amide bonds. The van der Waals surface area contributed by atoms with Gasteiger partial charge in [0.25, 0.3) is 0 Å². The van der Waals surface area contributed by atoms with Crippen LogP contribution in [0.25, 0.3) is 0 Å². The van der Waals surface area contributed by atoms with Gasteiger partial charge in [-0.25, -0.2) is 4.39 Å². The molecule has 0 saturated carbocycles. The molecule has 2 atom stereocenters. The van der Waals surface area contributed by atoms with E-state index < -0.39 is 0 Å². The average molecular weight is 463 g/mol. The largest absolute Gasteiger partial charge is 0.469 e. The van der Waals surface area contributed by atoms with Gasteiger partial charge in [0.15, 0.2) is 5.96 Å². The fourth-order valence-electron chi connectivity index (χ4n) is 3.01. The third-order valence-electron chi connectivity index (χ3n) is 4.30. The lowest BCUT2D eigenvalue weighted by atomic mass is 9.99. The number of benzene rings is 1. The fourth-order valence-corrected chi connectivity index (χ4v) is 3.01. The second-order valence-electron chi connectivity index (χ2n) is 6.13. The number of nitrogens with zero attached hydrogens (tertiary/aromatic N) is 2. The maximum Gasteiger partial charge on any atom is 0.310 e. The molecule has 7 heteroatoms. The fraction of sp³-hybridized carbons (Fsp3) is 0.556. The lowest BCUT2D eigenvalue weighted by molar-refractivity contribution is -0.145. The van der Waals surface area contributed by atoms with Crippen LogP contribution in [-0.2, 0) is 16.0 Å². The molecule has 0 aromatic heterocycles. The Hall–Kier alpha value is -1.38. The Bertz CT molecular complexity index is 597. The molecule has 140 valence electrons. The molecule has 1 aromatic carbocycles. The Kier molecular flexibility index (Phi) is 9.16. The topological polar surface area (TPSA) is 53.9 Å². The highest BCUT2D eigenvalue weighted by Gasteiger charge is 2.36. The number of aliphatic imine (C=N–C) groups is 1. The quantitative estimate of drug-likeness (QED) is 0.316. The Balaban J connectivity index is 0.00000312. The minimum absolute atomic E-state index is 0. The summed E-state index contributed by atoms with van der Waals surface area (Å²) in [6.07, 6.45) is 0.677. The van der Waals surface area contributed by atoms with Crippen molar-refractivity contribution in [2.75, 3.05) is 33.3 Å². The molecule has 1 aliphatic heterocycles. The van der Waals surface area contributed by atoms with E-state index in [1.54, 1.807) is 6.07 Å². The Morgan fingerprint density at radius 2 is 2.20 bits per heavy atom. The summed E-state index contributed by atoms with van der Waals surface area (Å²) < 4.78 is 18.1. The molecule has 1 aromatic rings. The van der Waals surface area contributed by atoms with Crippen LogP contribution in [0.1, 0.15) is 19.4 Å². The van der Waals surface area contributed by atoms with E-state index in [9.17, 15) is 9.18 Å². The first-order valence-corrected chi connectivity index (χ1v) is 8.40. The molecule has 1 aliphatic rings. The highest BCUT2D eigenvalue weighted by molar-refractivity contribution is 14.0. The maximum atomic E-state index is 13.2. The zero-order valence-corrected chi connectivity index (χ0v) is 17.3. The summed E-state index contributed by atoms with van der Waals surface area (Å²) in [5.74, 6) is 0.511. The summed E-state index contributed by atoms with van der Waals surface area (Å²) in [5, 5.41) is 3.27. The van der Waals surface area contributed by atoms with E-state index in [2.05, 4.69) is 22.1 Å². The number of rotatable bonds is 5. The summed E-state index contributed by atoms with van der Waals surface area (Å²) >= 11 is 0. The van der Waals surface area contributed by atoms with E-state index >= 15 is 0 Å². The van der Waals surface area contributed by atoms with Gasteiger partial charge in [0.2, 0.25) is 0 Å². The van der Waals surface area contributed by atoms with Crippen LogP contribution in [0.4, 0.5) is 4.39 Å². The third kappa shape index (κ3) is 6.13. The highest BCUT2D eigenvalue weighted by Crippen LogP contribution is 2.24. The van der Waals surface area contributed by atoms with Gasteiger partial charge < -0.3 is 15.0 Å². The first kappa shape index (κ1) is 21.7. The average Bonchev–Trinajstić information content (AvgIpc) is 2.95. The molecule has 1 fully saturated rings. The van der Waals surface area contributed by atoms with Crippen molar-refractivity contribution in [3.63, 3.8) is 0 Å².